The zero-order valence-corrected chi connectivity index (χ0v) is 32.4. The van der Waals surface area contributed by atoms with Gasteiger partial charge in [0.1, 0.15) is 17.3 Å². The summed E-state index contributed by atoms with van der Waals surface area (Å²) in [5.41, 5.74) is -0.405. The first-order valence-corrected chi connectivity index (χ1v) is 19.2. The highest BCUT2D eigenvalue weighted by molar-refractivity contribution is 5.70. The van der Waals surface area contributed by atoms with Crippen molar-refractivity contribution in [2.75, 3.05) is 26.2 Å². The van der Waals surface area contributed by atoms with E-state index in [1.54, 1.807) is 30.1 Å². The molecule has 12 heteroatoms. The predicted molar refractivity (Wildman–Crippen MR) is 202 cm³/mol. The molecule has 10 unspecified atom stereocenters. The fourth-order valence-electron chi connectivity index (χ4n) is 7.21. The van der Waals surface area contributed by atoms with E-state index in [4.69, 9.17) is 24.9 Å². The Balaban J connectivity index is 1.45. The molecule has 53 heavy (non-hydrogen) atoms. The van der Waals surface area contributed by atoms with Crippen LogP contribution in [0.5, 0.6) is 0 Å². The van der Waals surface area contributed by atoms with Gasteiger partial charge in [0, 0.05) is 51.0 Å². The van der Waals surface area contributed by atoms with Crippen molar-refractivity contribution in [1.29, 1.82) is 0 Å². The number of carbonyl (C=O) groups is 2. The Morgan fingerprint density at radius 1 is 1.19 bits per heavy atom. The van der Waals surface area contributed by atoms with Crippen molar-refractivity contribution in [1.82, 2.24) is 9.80 Å². The summed E-state index contributed by atoms with van der Waals surface area (Å²) in [4.78, 5) is 35.9. The average Bonchev–Trinajstić information content (AvgIpc) is 3.93. The molecular formula is C41H63N3O9. The number of nitrogens with zero attached hydrogens (tertiary/aromatic N) is 2. The molecule has 0 aliphatic carbocycles. The lowest BCUT2D eigenvalue weighted by Gasteiger charge is -2.34. The molecule has 0 spiro atoms. The minimum absolute atomic E-state index is 0.000697. The Bertz CT molecular complexity index is 1420. The summed E-state index contributed by atoms with van der Waals surface area (Å²) in [5.74, 6) is 4.78. The standard InChI is InChI=1S/C41H63N3O9/c1-7-33(46)30(4)38-34(50-38)26-40(5,53-42)19-11-13-28(2)37-29(3)16-17-35(41(6,49)20-18-32(45)25-36(47)52-37)51-39(48)44-22-12-21-43(23-24-44)27-31-14-9-8-10-15-31/h8-11,13-17,19,29-30,32-35,37-38,45-46,49H,7,12,18,20-27,42H2,1-6H3/b17-16+,19-11+,28-13+. The molecule has 1 aromatic rings. The summed E-state index contributed by atoms with van der Waals surface area (Å²) in [6.45, 7) is 14.5. The van der Waals surface area contributed by atoms with Gasteiger partial charge in [-0.05, 0) is 63.7 Å². The number of benzene rings is 1. The maximum absolute atomic E-state index is 13.6. The van der Waals surface area contributed by atoms with Crippen molar-refractivity contribution in [3.05, 3.63) is 71.8 Å². The number of aliphatic hydroxyl groups is 3. The van der Waals surface area contributed by atoms with Gasteiger partial charge in [-0.15, -0.1) is 0 Å². The Labute approximate surface area is 315 Å². The summed E-state index contributed by atoms with van der Waals surface area (Å²) >= 11 is 0. The lowest BCUT2D eigenvalue weighted by Crippen LogP contribution is -2.45. The molecule has 1 amide bonds. The number of aliphatic hydroxyl groups excluding tert-OH is 2. The van der Waals surface area contributed by atoms with E-state index in [-0.39, 0.29) is 43.3 Å². The molecule has 2 fully saturated rings. The van der Waals surface area contributed by atoms with E-state index in [0.717, 1.165) is 25.1 Å². The number of nitrogens with two attached hydrogens (primary N) is 1. The van der Waals surface area contributed by atoms with E-state index in [0.29, 0.717) is 32.5 Å². The number of esters is 1. The maximum atomic E-state index is 13.6. The molecule has 12 nitrogen and oxygen atoms in total. The number of cyclic esters (lactones) is 1. The van der Waals surface area contributed by atoms with Gasteiger partial charge in [0.2, 0.25) is 0 Å². The molecule has 3 heterocycles. The molecule has 10 atom stereocenters. The van der Waals surface area contributed by atoms with Crippen LogP contribution in [-0.4, -0.2) is 111 Å². The Morgan fingerprint density at radius 3 is 2.62 bits per heavy atom. The number of epoxide rings is 1. The molecular weight excluding hydrogens is 678 g/mol. The molecule has 3 aliphatic rings. The molecule has 0 bridgehead atoms. The average molecular weight is 742 g/mol. The number of rotatable bonds is 12. The lowest BCUT2D eigenvalue weighted by molar-refractivity contribution is -0.151. The van der Waals surface area contributed by atoms with Gasteiger partial charge in [0.25, 0.3) is 0 Å². The van der Waals surface area contributed by atoms with E-state index in [1.807, 2.05) is 65.0 Å². The van der Waals surface area contributed by atoms with Crippen molar-refractivity contribution in [3.8, 4) is 0 Å². The van der Waals surface area contributed by atoms with Crippen LogP contribution in [0.2, 0.25) is 0 Å². The molecule has 0 saturated carbocycles. The zero-order chi connectivity index (χ0) is 38.8. The Hall–Kier alpha value is -3.10. The van der Waals surface area contributed by atoms with Gasteiger partial charge in [-0.2, -0.15) is 0 Å². The zero-order valence-electron chi connectivity index (χ0n) is 32.4. The van der Waals surface area contributed by atoms with E-state index in [2.05, 4.69) is 17.0 Å². The quantitative estimate of drug-likeness (QED) is 0.0763. The summed E-state index contributed by atoms with van der Waals surface area (Å²) in [7, 11) is 0. The second-order valence-electron chi connectivity index (χ2n) is 15.7. The summed E-state index contributed by atoms with van der Waals surface area (Å²) in [6.07, 6.45) is 6.97. The summed E-state index contributed by atoms with van der Waals surface area (Å²) < 4.78 is 17.8. The van der Waals surface area contributed by atoms with E-state index in [9.17, 15) is 24.9 Å². The third-order valence-corrected chi connectivity index (χ3v) is 10.9. The SMILES string of the molecule is CCC(O)C(C)C1OC1CC(C)(/C=C/C=C(\C)C1OC(=O)CC(O)CCC(C)(O)C(OC(=O)N2CCCN(Cc3ccccc3)CC2)/C=C/C1C)ON. The van der Waals surface area contributed by atoms with Crippen LogP contribution in [0.1, 0.15) is 85.6 Å². The smallest absolute Gasteiger partial charge is 0.410 e. The highest BCUT2D eigenvalue weighted by atomic mass is 16.6. The van der Waals surface area contributed by atoms with Crippen LogP contribution in [0, 0.1) is 11.8 Å². The molecule has 2 saturated heterocycles. The van der Waals surface area contributed by atoms with Crippen LogP contribution < -0.4 is 5.90 Å². The molecule has 3 aliphatic heterocycles. The van der Waals surface area contributed by atoms with Crippen LogP contribution in [0.4, 0.5) is 4.79 Å². The summed E-state index contributed by atoms with van der Waals surface area (Å²) in [6, 6.07) is 10.2. The normalized spacial score (nSPS) is 32.4. The van der Waals surface area contributed by atoms with Crippen LogP contribution in [-0.2, 0) is 30.4 Å². The van der Waals surface area contributed by atoms with Gasteiger partial charge in [0.15, 0.2) is 6.10 Å². The van der Waals surface area contributed by atoms with Gasteiger partial charge < -0.3 is 34.4 Å². The first kappa shape index (κ1) is 42.6. The second-order valence-corrected chi connectivity index (χ2v) is 15.7. The first-order chi connectivity index (χ1) is 25.1. The van der Waals surface area contributed by atoms with Crippen LogP contribution in [0.25, 0.3) is 0 Å². The van der Waals surface area contributed by atoms with Crippen molar-refractivity contribution >= 4 is 12.1 Å². The topological polar surface area (TPSA) is 168 Å². The highest BCUT2D eigenvalue weighted by Gasteiger charge is 2.48. The van der Waals surface area contributed by atoms with Crippen molar-refractivity contribution in [2.45, 2.75) is 134 Å². The van der Waals surface area contributed by atoms with Crippen molar-refractivity contribution in [2.24, 2.45) is 17.7 Å². The first-order valence-electron chi connectivity index (χ1n) is 19.2. The monoisotopic (exact) mass is 741 g/mol. The number of carbonyl (C=O) groups excluding carboxylic acids is 2. The largest absolute Gasteiger partial charge is 0.457 e. The fourth-order valence-corrected chi connectivity index (χ4v) is 7.21. The molecule has 296 valence electrons. The van der Waals surface area contributed by atoms with Crippen molar-refractivity contribution < 1.29 is 44.0 Å². The molecule has 4 rings (SSSR count). The number of hydrogen-bond acceptors (Lipinski definition) is 11. The predicted octanol–water partition coefficient (Wildman–Crippen LogP) is 4.82. The van der Waals surface area contributed by atoms with Crippen LogP contribution >= 0.6 is 0 Å². The minimum atomic E-state index is -1.51. The van der Waals surface area contributed by atoms with Crippen LogP contribution in [0.3, 0.4) is 0 Å². The van der Waals surface area contributed by atoms with E-state index in [1.165, 1.54) is 5.56 Å². The number of hydrogen-bond donors (Lipinski definition) is 4. The molecule has 0 aromatic heterocycles. The van der Waals surface area contributed by atoms with Crippen LogP contribution in [0.15, 0.2) is 66.3 Å². The van der Waals surface area contributed by atoms with Crippen molar-refractivity contribution in [3.63, 3.8) is 0 Å². The Morgan fingerprint density at radius 2 is 1.92 bits per heavy atom. The van der Waals surface area contributed by atoms with Gasteiger partial charge in [0.05, 0.1) is 30.8 Å². The molecule has 5 N–H and O–H groups in total. The molecule has 0 radical (unpaired) electrons. The van der Waals surface area contributed by atoms with Gasteiger partial charge >= 0.3 is 12.1 Å². The van der Waals surface area contributed by atoms with E-state index < -0.39 is 47.7 Å². The Kier molecular flexibility index (Phi) is 15.7. The number of amides is 1. The third kappa shape index (κ3) is 12.7. The highest BCUT2D eigenvalue weighted by Crippen LogP contribution is 2.38. The van der Waals surface area contributed by atoms with Gasteiger partial charge in [-0.1, -0.05) is 75.4 Å². The van der Waals surface area contributed by atoms with Gasteiger partial charge in [-0.3, -0.25) is 14.5 Å². The maximum Gasteiger partial charge on any atom is 0.410 e. The fraction of sp³-hybridized carbons (Fsp3) is 0.659. The second kappa shape index (κ2) is 19.5. The lowest BCUT2D eigenvalue weighted by atomic mass is 9.88. The van der Waals surface area contributed by atoms with E-state index >= 15 is 0 Å². The third-order valence-electron chi connectivity index (χ3n) is 10.9. The minimum Gasteiger partial charge on any atom is -0.457 e. The summed E-state index contributed by atoms with van der Waals surface area (Å²) in [5, 5.41) is 32.6. The molecule has 1 aromatic carbocycles. The van der Waals surface area contributed by atoms with Gasteiger partial charge in [-0.25, -0.2) is 10.7 Å². The number of allylic oxidation sites excluding steroid dienone is 2. The number of ether oxygens (including phenoxy) is 3.